The number of aliphatic carboxylic acids is 1. The van der Waals surface area contributed by atoms with Gasteiger partial charge in [-0.3, -0.25) is 4.79 Å². The van der Waals surface area contributed by atoms with E-state index in [1.165, 1.54) is 16.4 Å². The highest BCUT2D eigenvalue weighted by atomic mass is 32.2. The maximum Gasteiger partial charge on any atom is 0.416 e. The van der Waals surface area contributed by atoms with Crippen LogP contribution < -0.4 is 4.74 Å². The topological polar surface area (TPSA) is 118 Å². The SMILES string of the molecule is CC1(COc2cccc(CN(CC(=O)O)S(=O)(=O)N3CCOCC3)c2)COC(c2ccc(C(F)(F)F)cc2)=N1. The number of carboxylic acid groups (broad SMARTS) is 1. The molecule has 39 heavy (non-hydrogen) atoms. The first-order valence-electron chi connectivity index (χ1n) is 12.0. The van der Waals surface area contributed by atoms with Crippen LogP contribution in [-0.4, -0.2) is 85.6 Å². The molecular weight excluding hydrogens is 543 g/mol. The van der Waals surface area contributed by atoms with Crippen LogP contribution >= 0.6 is 0 Å². The predicted molar refractivity (Wildman–Crippen MR) is 134 cm³/mol. The molecule has 0 aromatic heterocycles. The zero-order valence-corrected chi connectivity index (χ0v) is 21.9. The molecule has 2 aromatic carbocycles. The van der Waals surface area contributed by atoms with Crippen LogP contribution in [0.2, 0.25) is 0 Å². The van der Waals surface area contributed by atoms with Crippen molar-refractivity contribution in [3.05, 3.63) is 65.2 Å². The van der Waals surface area contributed by atoms with E-state index in [-0.39, 0.29) is 52.0 Å². The van der Waals surface area contributed by atoms with Gasteiger partial charge in [-0.05, 0) is 48.9 Å². The van der Waals surface area contributed by atoms with Gasteiger partial charge in [-0.15, -0.1) is 0 Å². The third-order valence-corrected chi connectivity index (χ3v) is 8.02. The minimum absolute atomic E-state index is 0.0749. The monoisotopic (exact) mass is 571 g/mol. The van der Waals surface area contributed by atoms with Crippen LogP contribution in [0.4, 0.5) is 13.2 Å². The van der Waals surface area contributed by atoms with E-state index in [9.17, 15) is 31.5 Å². The van der Waals surface area contributed by atoms with Crippen LogP contribution in [0.3, 0.4) is 0 Å². The Labute approximate surface area is 223 Å². The number of morpholine rings is 1. The zero-order valence-electron chi connectivity index (χ0n) is 21.1. The van der Waals surface area contributed by atoms with Crippen molar-refractivity contribution in [2.75, 3.05) is 46.1 Å². The molecule has 1 N–H and O–H groups in total. The minimum Gasteiger partial charge on any atom is -0.491 e. The van der Waals surface area contributed by atoms with Crippen LogP contribution in [0.25, 0.3) is 0 Å². The van der Waals surface area contributed by atoms with Gasteiger partial charge in [-0.2, -0.15) is 30.2 Å². The van der Waals surface area contributed by atoms with Gasteiger partial charge in [0.2, 0.25) is 5.90 Å². The van der Waals surface area contributed by atoms with Gasteiger partial charge in [0.25, 0.3) is 10.2 Å². The Morgan fingerprint density at radius 1 is 1.18 bits per heavy atom. The molecule has 0 saturated carbocycles. The number of hydrogen-bond donors (Lipinski definition) is 1. The van der Waals surface area contributed by atoms with Crippen molar-refractivity contribution in [1.29, 1.82) is 0 Å². The summed E-state index contributed by atoms with van der Waals surface area (Å²) >= 11 is 0. The fourth-order valence-corrected chi connectivity index (χ4v) is 5.57. The number of ether oxygens (including phenoxy) is 3. The van der Waals surface area contributed by atoms with E-state index in [2.05, 4.69) is 4.99 Å². The Balaban J connectivity index is 1.43. The van der Waals surface area contributed by atoms with Gasteiger partial charge in [-0.25, -0.2) is 4.99 Å². The Morgan fingerprint density at radius 2 is 1.87 bits per heavy atom. The van der Waals surface area contributed by atoms with Crippen molar-refractivity contribution in [3.8, 4) is 5.75 Å². The number of carbonyl (C=O) groups is 1. The molecule has 0 spiro atoms. The molecule has 1 saturated heterocycles. The molecular formula is C25H28F3N3O7S. The third kappa shape index (κ3) is 7.26. The zero-order chi connectivity index (χ0) is 28.3. The normalized spacial score (nSPS) is 20.5. The average Bonchev–Trinajstić information content (AvgIpc) is 3.29. The van der Waals surface area contributed by atoms with Crippen molar-refractivity contribution in [3.63, 3.8) is 0 Å². The molecule has 1 unspecified atom stereocenters. The fraction of sp³-hybridized carbons (Fsp3) is 0.440. The highest BCUT2D eigenvalue weighted by molar-refractivity contribution is 7.86. The molecule has 1 fully saturated rings. The lowest BCUT2D eigenvalue weighted by molar-refractivity contribution is -0.138. The number of benzene rings is 2. The van der Waals surface area contributed by atoms with E-state index in [1.54, 1.807) is 31.2 Å². The Morgan fingerprint density at radius 3 is 2.51 bits per heavy atom. The number of carboxylic acids is 1. The van der Waals surface area contributed by atoms with Crippen molar-refractivity contribution in [2.24, 2.45) is 4.99 Å². The molecule has 14 heteroatoms. The standard InChI is InChI=1S/C25H28F3N3O7S/c1-24(17-38-23(29-24)19-5-7-20(8-6-19)25(26,27)28)16-37-21-4-2-3-18(13-21)14-31(15-22(32)33)39(34,35)30-9-11-36-12-10-30/h2-8,13H,9-12,14-17H2,1H3,(H,32,33). The lowest BCUT2D eigenvalue weighted by Gasteiger charge is -2.31. The lowest BCUT2D eigenvalue weighted by atomic mass is 10.1. The molecule has 10 nitrogen and oxygen atoms in total. The quantitative estimate of drug-likeness (QED) is 0.466. The van der Waals surface area contributed by atoms with Crippen LogP contribution in [0.5, 0.6) is 5.75 Å². The Kier molecular flexibility index (Phi) is 8.49. The van der Waals surface area contributed by atoms with Crippen LogP contribution in [-0.2, 0) is 37.2 Å². The molecule has 1 atom stereocenters. The second-order valence-corrected chi connectivity index (χ2v) is 11.3. The molecule has 0 bridgehead atoms. The summed E-state index contributed by atoms with van der Waals surface area (Å²) in [6.07, 6.45) is -4.44. The second-order valence-electron chi connectivity index (χ2n) is 9.39. The minimum atomic E-state index is -4.44. The number of nitrogens with zero attached hydrogens (tertiary/aromatic N) is 3. The summed E-state index contributed by atoms with van der Waals surface area (Å²) in [6.45, 7) is 1.84. The summed E-state index contributed by atoms with van der Waals surface area (Å²) < 4.78 is 83.5. The highest BCUT2D eigenvalue weighted by Crippen LogP contribution is 2.30. The van der Waals surface area contributed by atoms with Crippen molar-refractivity contribution < 1.29 is 45.7 Å². The Bertz CT molecular complexity index is 1310. The number of rotatable bonds is 10. The van der Waals surface area contributed by atoms with E-state index in [4.69, 9.17) is 14.2 Å². The number of hydrogen-bond acceptors (Lipinski definition) is 7. The van der Waals surface area contributed by atoms with Crippen molar-refractivity contribution >= 4 is 22.1 Å². The molecule has 2 aliphatic heterocycles. The van der Waals surface area contributed by atoms with Crippen LogP contribution in [0.15, 0.2) is 53.5 Å². The van der Waals surface area contributed by atoms with Gasteiger partial charge < -0.3 is 19.3 Å². The van der Waals surface area contributed by atoms with Gasteiger partial charge >= 0.3 is 12.1 Å². The highest BCUT2D eigenvalue weighted by Gasteiger charge is 2.35. The largest absolute Gasteiger partial charge is 0.491 e. The predicted octanol–water partition coefficient (Wildman–Crippen LogP) is 2.78. The van der Waals surface area contributed by atoms with Crippen LogP contribution in [0.1, 0.15) is 23.6 Å². The number of halogens is 3. The first kappa shape index (κ1) is 28.8. The summed E-state index contributed by atoms with van der Waals surface area (Å²) in [7, 11) is -4.04. The maximum absolute atomic E-state index is 13.1. The summed E-state index contributed by atoms with van der Waals surface area (Å²) in [5.41, 5.74) is -0.653. The van der Waals surface area contributed by atoms with E-state index >= 15 is 0 Å². The van der Waals surface area contributed by atoms with Gasteiger partial charge in [0, 0.05) is 25.2 Å². The van der Waals surface area contributed by atoms with Crippen molar-refractivity contribution in [2.45, 2.75) is 25.2 Å². The summed E-state index contributed by atoms with van der Waals surface area (Å²) in [6, 6.07) is 11.1. The number of aliphatic imine (C=N–C) groups is 1. The van der Waals surface area contributed by atoms with E-state index in [0.29, 0.717) is 16.9 Å². The molecule has 2 aliphatic rings. The van der Waals surface area contributed by atoms with Crippen molar-refractivity contribution in [1.82, 2.24) is 8.61 Å². The molecule has 2 heterocycles. The molecule has 2 aromatic rings. The molecule has 4 rings (SSSR count). The Hall–Kier alpha value is -3.20. The molecule has 0 amide bonds. The smallest absolute Gasteiger partial charge is 0.416 e. The van der Waals surface area contributed by atoms with Crippen LogP contribution in [0, 0.1) is 0 Å². The van der Waals surface area contributed by atoms with Gasteiger partial charge in [0.05, 0.1) is 18.8 Å². The fourth-order valence-electron chi connectivity index (χ4n) is 4.04. The summed E-state index contributed by atoms with van der Waals surface area (Å²) in [5.74, 6) is -0.665. The van der Waals surface area contributed by atoms with Gasteiger partial charge in [0.1, 0.15) is 31.0 Å². The second kappa shape index (κ2) is 11.5. The third-order valence-electron chi connectivity index (χ3n) is 6.09. The number of alkyl halides is 3. The maximum atomic E-state index is 13.1. The lowest BCUT2D eigenvalue weighted by Crippen LogP contribution is -2.49. The molecule has 212 valence electrons. The van der Waals surface area contributed by atoms with E-state index in [1.807, 2.05) is 0 Å². The van der Waals surface area contributed by atoms with Gasteiger partial charge in [0.15, 0.2) is 0 Å². The van der Waals surface area contributed by atoms with E-state index < -0.39 is 40.0 Å². The van der Waals surface area contributed by atoms with E-state index in [0.717, 1.165) is 16.4 Å². The van der Waals surface area contributed by atoms with Gasteiger partial charge in [-0.1, -0.05) is 12.1 Å². The summed E-state index contributed by atoms with van der Waals surface area (Å²) in [5, 5.41) is 9.32. The molecule has 0 radical (unpaired) electrons. The first-order chi connectivity index (χ1) is 18.4. The average molecular weight is 572 g/mol. The first-order valence-corrected chi connectivity index (χ1v) is 13.4. The molecule has 0 aliphatic carbocycles. The summed E-state index contributed by atoms with van der Waals surface area (Å²) in [4.78, 5) is 15.9.